The first-order chi connectivity index (χ1) is 9.69. The normalized spacial score (nSPS) is 26.3. The van der Waals surface area contributed by atoms with E-state index in [1.54, 1.807) is 0 Å². The molecule has 0 saturated carbocycles. The van der Waals surface area contributed by atoms with Crippen molar-refractivity contribution >= 4 is 5.91 Å². The first-order valence-electron chi connectivity index (χ1n) is 7.26. The molecule has 5 nitrogen and oxygen atoms in total. The third-order valence-corrected chi connectivity index (χ3v) is 4.38. The van der Waals surface area contributed by atoms with Crippen molar-refractivity contribution in [3.63, 3.8) is 0 Å². The van der Waals surface area contributed by atoms with Crippen LogP contribution < -0.4 is 0 Å². The van der Waals surface area contributed by atoms with Crippen molar-refractivity contribution in [1.82, 2.24) is 14.8 Å². The average molecular weight is 275 g/mol. The minimum absolute atomic E-state index is 0.0500. The standard InChI is InChI=1S/C15H21N3O2/c1-11-3-2-4-12(16-11)10-17-6-5-13-14(17)9-15(20)18(13)7-8-19/h2-4,13-14,19H,5-10H2,1H3/t13-,14+/m1/s1. The third-order valence-electron chi connectivity index (χ3n) is 4.38. The highest BCUT2D eigenvalue weighted by Crippen LogP contribution is 2.32. The van der Waals surface area contributed by atoms with Crippen molar-refractivity contribution in [3.8, 4) is 0 Å². The lowest BCUT2D eigenvalue weighted by molar-refractivity contribution is -0.129. The van der Waals surface area contributed by atoms with Gasteiger partial charge in [-0.25, -0.2) is 0 Å². The van der Waals surface area contributed by atoms with E-state index in [1.807, 2.05) is 30.0 Å². The molecule has 20 heavy (non-hydrogen) atoms. The van der Waals surface area contributed by atoms with Crippen molar-refractivity contribution < 1.29 is 9.90 Å². The lowest BCUT2D eigenvalue weighted by Gasteiger charge is -2.24. The molecule has 2 fully saturated rings. The summed E-state index contributed by atoms with van der Waals surface area (Å²) in [5.41, 5.74) is 2.10. The van der Waals surface area contributed by atoms with Crippen LogP contribution in [0.5, 0.6) is 0 Å². The molecule has 0 bridgehead atoms. The average Bonchev–Trinajstić information content (AvgIpc) is 2.92. The Labute approximate surface area is 119 Å². The number of carbonyl (C=O) groups excluding carboxylic acids is 1. The Kier molecular flexibility index (Phi) is 3.72. The van der Waals surface area contributed by atoms with Crippen LogP contribution in [0.1, 0.15) is 24.2 Å². The summed E-state index contributed by atoms with van der Waals surface area (Å²) in [6, 6.07) is 6.64. The first kappa shape index (κ1) is 13.5. The molecule has 0 aliphatic carbocycles. The molecule has 1 aromatic rings. The number of aryl methyl sites for hydroxylation is 1. The maximum atomic E-state index is 12.0. The van der Waals surface area contributed by atoms with Gasteiger partial charge in [-0.1, -0.05) is 6.07 Å². The van der Waals surface area contributed by atoms with Gasteiger partial charge in [-0.15, -0.1) is 0 Å². The van der Waals surface area contributed by atoms with Crippen molar-refractivity contribution in [1.29, 1.82) is 0 Å². The predicted octanol–water partition coefficient (Wildman–Crippen LogP) is 0.558. The number of aliphatic hydroxyl groups is 1. The Balaban J connectivity index is 1.70. The SMILES string of the molecule is Cc1cccc(CN2CC[C@@H]3[C@@H]2CC(=O)N3CCO)n1. The van der Waals surface area contributed by atoms with Gasteiger partial charge in [0.2, 0.25) is 5.91 Å². The van der Waals surface area contributed by atoms with Gasteiger partial charge < -0.3 is 10.0 Å². The van der Waals surface area contributed by atoms with Crippen LogP contribution in [0.3, 0.4) is 0 Å². The van der Waals surface area contributed by atoms with Crippen LogP contribution >= 0.6 is 0 Å². The van der Waals surface area contributed by atoms with Gasteiger partial charge in [0.15, 0.2) is 0 Å². The minimum Gasteiger partial charge on any atom is -0.395 e. The molecule has 0 unspecified atom stereocenters. The smallest absolute Gasteiger partial charge is 0.224 e. The molecule has 0 radical (unpaired) electrons. The van der Waals surface area contributed by atoms with Gasteiger partial charge in [0.05, 0.1) is 12.3 Å². The van der Waals surface area contributed by atoms with Crippen LogP contribution in [0.25, 0.3) is 0 Å². The zero-order chi connectivity index (χ0) is 14.1. The number of pyridine rings is 1. The highest BCUT2D eigenvalue weighted by Gasteiger charge is 2.46. The van der Waals surface area contributed by atoms with Crippen molar-refractivity contribution in [2.45, 2.75) is 38.4 Å². The van der Waals surface area contributed by atoms with Gasteiger partial charge >= 0.3 is 0 Å². The molecular weight excluding hydrogens is 254 g/mol. The van der Waals surface area contributed by atoms with Crippen molar-refractivity contribution in [3.05, 3.63) is 29.6 Å². The number of fused-ring (bicyclic) bond motifs is 1. The van der Waals surface area contributed by atoms with Crippen LogP contribution in [-0.2, 0) is 11.3 Å². The molecule has 2 atom stereocenters. The monoisotopic (exact) mass is 275 g/mol. The first-order valence-corrected chi connectivity index (χ1v) is 7.26. The predicted molar refractivity (Wildman–Crippen MR) is 75.0 cm³/mol. The van der Waals surface area contributed by atoms with E-state index in [2.05, 4.69) is 9.88 Å². The topological polar surface area (TPSA) is 56.7 Å². The van der Waals surface area contributed by atoms with Gasteiger partial charge in [-0.2, -0.15) is 0 Å². The van der Waals surface area contributed by atoms with Crippen LogP contribution in [0.2, 0.25) is 0 Å². The fourth-order valence-electron chi connectivity index (χ4n) is 3.50. The van der Waals surface area contributed by atoms with E-state index >= 15 is 0 Å². The maximum Gasteiger partial charge on any atom is 0.224 e. The fourth-order valence-corrected chi connectivity index (χ4v) is 3.50. The number of likely N-dealkylation sites (tertiary alicyclic amines) is 2. The molecule has 5 heteroatoms. The summed E-state index contributed by atoms with van der Waals surface area (Å²) in [6.45, 7) is 4.33. The van der Waals surface area contributed by atoms with Gasteiger partial charge in [0.25, 0.3) is 0 Å². The summed E-state index contributed by atoms with van der Waals surface area (Å²) in [5.74, 6) is 0.177. The van der Waals surface area contributed by atoms with Gasteiger partial charge in [-0.05, 0) is 25.5 Å². The quantitative estimate of drug-likeness (QED) is 0.872. The molecule has 3 rings (SSSR count). The molecule has 1 amide bonds. The van der Waals surface area contributed by atoms with E-state index in [0.29, 0.717) is 13.0 Å². The molecule has 1 N–H and O–H groups in total. The summed E-state index contributed by atoms with van der Waals surface area (Å²) in [4.78, 5) is 20.8. The summed E-state index contributed by atoms with van der Waals surface area (Å²) in [6.07, 6.45) is 1.58. The number of aliphatic hydroxyl groups excluding tert-OH is 1. The zero-order valence-corrected chi connectivity index (χ0v) is 11.8. The third kappa shape index (κ3) is 2.43. The number of carbonyl (C=O) groups is 1. The molecular formula is C15H21N3O2. The second-order valence-electron chi connectivity index (χ2n) is 5.68. The summed E-state index contributed by atoms with van der Waals surface area (Å²) in [7, 11) is 0. The van der Waals surface area contributed by atoms with Crippen LogP contribution in [0, 0.1) is 6.92 Å². The molecule has 1 aromatic heterocycles. The number of hydrogen-bond donors (Lipinski definition) is 1. The Morgan fingerprint density at radius 3 is 3.00 bits per heavy atom. The highest BCUT2D eigenvalue weighted by atomic mass is 16.3. The number of aromatic nitrogens is 1. The van der Waals surface area contributed by atoms with E-state index in [4.69, 9.17) is 5.11 Å². The Hall–Kier alpha value is -1.46. The second-order valence-corrected chi connectivity index (χ2v) is 5.68. The number of rotatable bonds is 4. The van der Waals surface area contributed by atoms with E-state index in [-0.39, 0.29) is 24.6 Å². The molecule has 2 aliphatic heterocycles. The number of hydrogen-bond acceptors (Lipinski definition) is 4. The zero-order valence-electron chi connectivity index (χ0n) is 11.8. The molecule has 2 aliphatic rings. The van der Waals surface area contributed by atoms with E-state index in [0.717, 1.165) is 30.9 Å². The van der Waals surface area contributed by atoms with Crippen molar-refractivity contribution in [2.75, 3.05) is 19.7 Å². The largest absolute Gasteiger partial charge is 0.395 e. The molecule has 3 heterocycles. The number of nitrogens with zero attached hydrogens (tertiary/aromatic N) is 3. The Bertz CT molecular complexity index is 506. The molecule has 2 saturated heterocycles. The summed E-state index contributed by atoms with van der Waals surface area (Å²) >= 11 is 0. The Morgan fingerprint density at radius 2 is 2.25 bits per heavy atom. The van der Waals surface area contributed by atoms with Gasteiger partial charge in [0.1, 0.15) is 0 Å². The highest BCUT2D eigenvalue weighted by molar-refractivity contribution is 5.80. The summed E-state index contributed by atoms with van der Waals surface area (Å²) in [5, 5.41) is 9.08. The fraction of sp³-hybridized carbons (Fsp3) is 0.600. The van der Waals surface area contributed by atoms with E-state index in [9.17, 15) is 4.79 Å². The van der Waals surface area contributed by atoms with Gasteiger partial charge in [-0.3, -0.25) is 14.7 Å². The lowest BCUT2D eigenvalue weighted by Crippen LogP contribution is -2.38. The minimum atomic E-state index is 0.0500. The van der Waals surface area contributed by atoms with Crippen LogP contribution in [-0.4, -0.2) is 57.6 Å². The second kappa shape index (κ2) is 5.50. The van der Waals surface area contributed by atoms with Crippen LogP contribution in [0.4, 0.5) is 0 Å². The van der Waals surface area contributed by atoms with Crippen LogP contribution in [0.15, 0.2) is 18.2 Å². The van der Waals surface area contributed by atoms with E-state index < -0.39 is 0 Å². The summed E-state index contributed by atoms with van der Waals surface area (Å²) < 4.78 is 0. The maximum absolute atomic E-state index is 12.0. The number of amides is 1. The van der Waals surface area contributed by atoms with E-state index in [1.165, 1.54) is 0 Å². The van der Waals surface area contributed by atoms with Crippen molar-refractivity contribution in [2.24, 2.45) is 0 Å². The number of β-amino-alcohol motifs (C(OH)–C–C–N with tert-alkyl or cyclic N) is 1. The lowest BCUT2D eigenvalue weighted by atomic mass is 10.1. The molecule has 0 spiro atoms. The molecule has 108 valence electrons. The Morgan fingerprint density at radius 1 is 1.40 bits per heavy atom. The van der Waals surface area contributed by atoms with Gasteiger partial charge in [0, 0.05) is 43.8 Å². The molecule has 0 aromatic carbocycles.